The Morgan fingerprint density at radius 2 is 1.50 bits per heavy atom. The van der Waals surface area contributed by atoms with E-state index >= 15 is 0 Å². The van der Waals surface area contributed by atoms with Crippen LogP contribution >= 0.6 is 12.2 Å². The number of hydrogen-bond donors (Lipinski definition) is 1. The minimum absolute atomic E-state index is 0.0535. The maximum atomic E-state index is 5.43. The molecule has 0 rings (SSSR count). The summed E-state index contributed by atoms with van der Waals surface area (Å²) < 4.78 is 0. The van der Waals surface area contributed by atoms with Crippen molar-refractivity contribution in [1.82, 2.24) is 10.2 Å². The van der Waals surface area contributed by atoms with Crippen LogP contribution in [-0.2, 0) is 0 Å². The fourth-order valence-corrected chi connectivity index (χ4v) is 2.78. The summed E-state index contributed by atoms with van der Waals surface area (Å²) in [5.74, 6) is 0. The summed E-state index contributed by atoms with van der Waals surface area (Å²) in [6, 6.07) is 0. The van der Waals surface area contributed by atoms with Crippen LogP contribution in [0, 0.1) is 5.41 Å². The molecule has 3 heteroatoms. The second-order valence-electron chi connectivity index (χ2n) is 6.22. The van der Waals surface area contributed by atoms with E-state index in [9.17, 15) is 0 Å². The smallest absolute Gasteiger partial charge is 0.169 e. The summed E-state index contributed by atoms with van der Waals surface area (Å²) in [7, 11) is 0. The number of hydrogen-bond acceptors (Lipinski definition) is 1. The van der Waals surface area contributed by atoms with Crippen molar-refractivity contribution in [3.05, 3.63) is 0 Å². The molecule has 0 aliphatic rings. The highest BCUT2D eigenvalue weighted by atomic mass is 32.1. The molecule has 0 saturated heterocycles. The van der Waals surface area contributed by atoms with E-state index in [0.717, 1.165) is 24.6 Å². The van der Waals surface area contributed by atoms with E-state index in [-0.39, 0.29) is 5.54 Å². The van der Waals surface area contributed by atoms with Crippen molar-refractivity contribution >= 4 is 17.3 Å². The SMILES string of the molecule is CCN(CC)C(=S)NC(C)(C)CC(C)(C)C. The zero-order valence-electron chi connectivity index (χ0n) is 12.0. The van der Waals surface area contributed by atoms with Gasteiger partial charge in [-0.05, 0) is 51.7 Å². The molecule has 0 spiro atoms. The molecule has 0 saturated carbocycles. The molecule has 0 aromatic rings. The van der Waals surface area contributed by atoms with Crippen molar-refractivity contribution in [2.75, 3.05) is 13.1 Å². The Kier molecular flexibility index (Phi) is 5.74. The Morgan fingerprint density at radius 1 is 1.06 bits per heavy atom. The molecule has 0 atom stereocenters. The van der Waals surface area contributed by atoms with Crippen LogP contribution < -0.4 is 5.32 Å². The van der Waals surface area contributed by atoms with Gasteiger partial charge in [-0.1, -0.05) is 20.8 Å². The summed E-state index contributed by atoms with van der Waals surface area (Å²) in [4.78, 5) is 2.18. The van der Waals surface area contributed by atoms with E-state index in [1.54, 1.807) is 0 Å². The topological polar surface area (TPSA) is 15.3 Å². The Labute approximate surface area is 107 Å². The fourth-order valence-electron chi connectivity index (χ4n) is 2.25. The van der Waals surface area contributed by atoms with Gasteiger partial charge in [0.2, 0.25) is 0 Å². The molecule has 16 heavy (non-hydrogen) atoms. The Hall–Kier alpha value is -0.310. The fraction of sp³-hybridized carbons (Fsp3) is 0.923. The summed E-state index contributed by atoms with van der Waals surface area (Å²) >= 11 is 5.43. The highest BCUT2D eigenvalue weighted by Crippen LogP contribution is 2.26. The minimum atomic E-state index is 0.0535. The molecule has 0 radical (unpaired) electrons. The standard InChI is InChI=1S/C13H28N2S/c1-8-15(9-2)11(16)14-13(6,7)10-12(3,4)5/h8-10H2,1-7H3,(H,14,16). The molecule has 0 bridgehead atoms. The van der Waals surface area contributed by atoms with Gasteiger partial charge < -0.3 is 10.2 Å². The molecule has 0 unspecified atom stereocenters. The average Bonchev–Trinajstić information content (AvgIpc) is 1.99. The summed E-state index contributed by atoms with van der Waals surface area (Å²) in [6.07, 6.45) is 1.10. The Bertz CT molecular complexity index is 225. The van der Waals surface area contributed by atoms with Crippen LogP contribution in [0.3, 0.4) is 0 Å². The molecule has 1 N–H and O–H groups in total. The first-order chi connectivity index (χ1) is 7.11. The molecule has 0 aromatic heterocycles. The van der Waals surface area contributed by atoms with E-state index in [0.29, 0.717) is 5.41 Å². The largest absolute Gasteiger partial charge is 0.358 e. The second kappa shape index (κ2) is 5.85. The van der Waals surface area contributed by atoms with Crippen LogP contribution in [0.5, 0.6) is 0 Å². The molecular formula is C13H28N2S. The van der Waals surface area contributed by atoms with E-state index in [4.69, 9.17) is 12.2 Å². The van der Waals surface area contributed by atoms with Gasteiger partial charge in [0.1, 0.15) is 0 Å². The average molecular weight is 244 g/mol. The van der Waals surface area contributed by atoms with Crippen molar-refractivity contribution in [2.45, 2.75) is 60.4 Å². The van der Waals surface area contributed by atoms with Crippen LogP contribution in [-0.4, -0.2) is 28.6 Å². The van der Waals surface area contributed by atoms with Gasteiger partial charge in [-0.15, -0.1) is 0 Å². The molecule has 2 nitrogen and oxygen atoms in total. The molecule has 96 valence electrons. The van der Waals surface area contributed by atoms with Crippen molar-refractivity contribution in [3.8, 4) is 0 Å². The first kappa shape index (κ1) is 15.7. The lowest BCUT2D eigenvalue weighted by Crippen LogP contribution is -2.51. The number of nitrogens with one attached hydrogen (secondary N) is 1. The quantitative estimate of drug-likeness (QED) is 0.763. The van der Waals surface area contributed by atoms with Crippen molar-refractivity contribution in [2.24, 2.45) is 5.41 Å². The van der Waals surface area contributed by atoms with E-state index in [2.05, 4.69) is 58.7 Å². The Balaban J connectivity index is 4.41. The molecular weight excluding hydrogens is 216 g/mol. The summed E-state index contributed by atoms with van der Waals surface area (Å²) in [5.41, 5.74) is 0.368. The van der Waals surface area contributed by atoms with Crippen LogP contribution in [0.15, 0.2) is 0 Å². The normalized spacial score (nSPS) is 12.4. The van der Waals surface area contributed by atoms with Crippen LogP contribution in [0.4, 0.5) is 0 Å². The van der Waals surface area contributed by atoms with Crippen molar-refractivity contribution < 1.29 is 0 Å². The first-order valence-corrected chi connectivity index (χ1v) is 6.59. The lowest BCUT2D eigenvalue weighted by molar-refractivity contribution is 0.260. The van der Waals surface area contributed by atoms with Gasteiger partial charge in [0.15, 0.2) is 5.11 Å². The Morgan fingerprint density at radius 3 is 1.81 bits per heavy atom. The third kappa shape index (κ3) is 6.31. The minimum Gasteiger partial charge on any atom is -0.358 e. The maximum absolute atomic E-state index is 5.43. The number of thiocarbonyl (C=S) groups is 1. The number of rotatable bonds is 4. The first-order valence-electron chi connectivity index (χ1n) is 6.18. The maximum Gasteiger partial charge on any atom is 0.169 e. The van der Waals surface area contributed by atoms with Gasteiger partial charge in [-0.25, -0.2) is 0 Å². The predicted molar refractivity (Wildman–Crippen MR) is 76.8 cm³/mol. The zero-order chi connectivity index (χ0) is 13.0. The molecule has 0 aliphatic carbocycles. The van der Waals surface area contributed by atoms with Crippen LogP contribution in [0.25, 0.3) is 0 Å². The number of nitrogens with zero attached hydrogens (tertiary/aromatic N) is 1. The molecule has 0 heterocycles. The second-order valence-corrected chi connectivity index (χ2v) is 6.61. The monoisotopic (exact) mass is 244 g/mol. The van der Waals surface area contributed by atoms with Gasteiger partial charge in [0.25, 0.3) is 0 Å². The van der Waals surface area contributed by atoms with Crippen LogP contribution in [0.1, 0.15) is 54.9 Å². The molecule has 0 fully saturated rings. The van der Waals surface area contributed by atoms with Gasteiger partial charge in [0, 0.05) is 18.6 Å². The summed E-state index contributed by atoms with van der Waals surface area (Å²) in [6.45, 7) is 17.4. The summed E-state index contributed by atoms with van der Waals surface area (Å²) in [5, 5.41) is 4.35. The molecule has 0 amide bonds. The highest BCUT2D eigenvalue weighted by molar-refractivity contribution is 7.80. The van der Waals surface area contributed by atoms with E-state index < -0.39 is 0 Å². The van der Waals surface area contributed by atoms with Gasteiger partial charge >= 0.3 is 0 Å². The van der Waals surface area contributed by atoms with Crippen molar-refractivity contribution in [3.63, 3.8) is 0 Å². The van der Waals surface area contributed by atoms with Gasteiger partial charge in [0.05, 0.1) is 0 Å². The zero-order valence-corrected chi connectivity index (χ0v) is 12.8. The lowest BCUT2D eigenvalue weighted by Gasteiger charge is -2.36. The highest BCUT2D eigenvalue weighted by Gasteiger charge is 2.26. The lowest BCUT2D eigenvalue weighted by atomic mass is 9.82. The van der Waals surface area contributed by atoms with E-state index in [1.807, 2.05) is 0 Å². The molecule has 0 aromatic carbocycles. The third-order valence-electron chi connectivity index (χ3n) is 2.47. The van der Waals surface area contributed by atoms with Crippen LogP contribution in [0.2, 0.25) is 0 Å². The predicted octanol–water partition coefficient (Wildman–Crippen LogP) is 3.42. The van der Waals surface area contributed by atoms with Crippen molar-refractivity contribution in [1.29, 1.82) is 0 Å². The van der Waals surface area contributed by atoms with Gasteiger partial charge in [-0.2, -0.15) is 0 Å². The third-order valence-corrected chi connectivity index (χ3v) is 2.83. The van der Waals surface area contributed by atoms with E-state index in [1.165, 1.54) is 0 Å². The molecule has 0 aliphatic heterocycles. The van der Waals surface area contributed by atoms with Gasteiger partial charge in [-0.3, -0.25) is 0 Å².